The molecule has 8 aliphatic carbocycles. The van der Waals surface area contributed by atoms with Crippen LogP contribution in [-0.2, 0) is 0 Å². The minimum absolute atomic E-state index is 0.400. The van der Waals surface area contributed by atoms with E-state index in [4.69, 9.17) is 5.53 Å². The van der Waals surface area contributed by atoms with E-state index in [0.29, 0.717) is 16.9 Å². The topological polar surface area (TPSA) is 36.2 Å². The smallest absolute Gasteiger partial charge is 0.0818 e. The standard InChI is InChI=1S/C21H32N2/c22-23-19(20-7-13-1-14(8-20)3-15(2-13)9-20)21-10-16-4-17(11-21)6-18(5-16)12-21/h13-19,22H,1-12H2. The molecule has 0 atom stereocenters. The molecule has 23 heavy (non-hydrogen) atoms. The molecule has 2 heteroatoms. The Balaban J connectivity index is 1.39. The van der Waals surface area contributed by atoms with Gasteiger partial charge in [-0.2, -0.15) is 5.11 Å². The van der Waals surface area contributed by atoms with Crippen LogP contribution in [0.1, 0.15) is 77.0 Å². The summed E-state index contributed by atoms with van der Waals surface area (Å²) in [6, 6.07) is 0.400. The molecule has 8 saturated carbocycles. The van der Waals surface area contributed by atoms with Crippen molar-refractivity contribution >= 4 is 0 Å². The van der Waals surface area contributed by atoms with E-state index < -0.39 is 0 Å². The van der Waals surface area contributed by atoms with Crippen LogP contribution in [0.15, 0.2) is 5.11 Å². The van der Waals surface area contributed by atoms with Crippen LogP contribution in [0.3, 0.4) is 0 Å². The first-order valence-electron chi connectivity index (χ1n) is 10.5. The molecule has 0 spiro atoms. The van der Waals surface area contributed by atoms with Crippen molar-refractivity contribution in [3.63, 3.8) is 0 Å². The fourth-order valence-corrected chi connectivity index (χ4v) is 9.95. The van der Waals surface area contributed by atoms with Gasteiger partial charge in [0, 0.05) is 0 Å². The van der Waals surface area contributed by atoms with Crippen LogP contribution in [0.25, 0.3) is 0 Å². The summed E-state index contributed by atoms with van der Waals surface area (Å²) in [5, 5.41) is 4.52. The van der Waals surface area contributed by atoms with Crippen LogP contribution >= 0.6 is 0 Å². The van der Waals surface area contributed by atoms with Crippen LogP contribution in [0.5, 0.6) is 0 Å². The maximum absolute atomic E-state index is 8.26. The summed E-state index contributed by atoms with van der Waals surface area (Å²) in [4.78, 5) is 0. The molecule has 8 fully saturated rings. The van der Waals surface area contributed by atoms with E-state index >= 15 is 0 Å². The minimum Gasteiger partial charge on any atom is -0.210 e. The van der Waals surface area contributed by atoms with Gasteiger partial charge in [0.25, 0.3) is 0 Å². The van der Waals surface area contributed by atoms with Gasteiger partial charge in [-0.1, -0.05) is 0 Å². The molecule has 8 aliphatic rings. The summed E-state index contributed by atoms with van der Waals surface area (Å²) in [7, 11) is 0. The van der Waals surface area contributed by atoms with E-state index in [1.54, 1.807) is 0 Å². The summed E-state index contributed by atoms with van der Waals surface area (Å²) >= 11 is 0. The van der Waals surface area contributed by atoms with Gasteiger partial charge in [-0.15, -0.1) is 0 Å². The van der Waals surface area contributed by atoms with Crippen molar-refractivity contribution in [2.75, 3.05) is 0 Å². The SMILES string of the molecule is N=NC(C12CC3CC(CC(C3)C1)C2)C12CC3CC(CC(C3)C1)C2. The first kappa shape index (κ1) is 13.8. The van der Waals surface area contributed by atoms with Crippen molar-refractivity contribution in [2.24, 2.45) is 51.5 Å². The molecule has 0 aromatic rings. The van der Waals surface area contributed by atoms with Gasteiger partial charge in [-0.3, -0.25) is 0 Å². The van der Waals surface area contributed by atoms with Crippen LogP contribution in [-0.4, -0.2) is 6.04 Å². The van der Waals surface area contributed by atoms with Crippen molar-refractivity contribution in [2.45, 2.75) is 83.1 Å². The molecule has 0 aromatic carbocycles. The van der Waals surface area contributed by atoms with Crippen LogP contribution in [0.4, 0.5) is 0 Å². The van der Waals surface area contributed by atoms with Gasteiger partial charge in [0.2, 0.25) is 0 Å². The molecule has 8 bridgehead atoms. The molecule has 8 rings (SSSR count). The summed E-state index contributed by atoms with van der Waals surface area (Å²) in [5.41, 5.74) is 9.18. The molecule has 0 saturated heterocycles. The zero-order valence-electron chi connectivity index (χ0n) is 14.5. The van der Waals surface area contributed by atoms with Crippen LogP contribution < -0.4 is 0 Å². The quantitative estimate of drug-likeness (QED) is 0.638. The molecule has 0 aromatic heterocycles. The van der Waals surface area contributed by atoms with Gasteiger partial charge < -0.3 is 0 Å². The fourth-order valence-electron chi connectivity index (χ4n) is 9.95. The lowest BCUT2D eigenvalue weighted by molar-refractivity contribution is -0.142. The highest BCUT2D eigenvalue weighted by molar-refractivity contribution is 5.14. The molecule has 0 radical (unpaired) electrons. The predicted molar refractivity (Wildman–Crippen MR) is 90.1 cm³/mol. The minimum atomic E-state index is 0.400. The summed E-state index contributed by atoms with van der Waals surface area (Å²) in [6.07, 6.45) is 17.7. The Morgan fingerprint density at radius 3 is 1.04 bits per heavy atom. The maximum Gasteiger partial charge on any atom is 0.0818 e. The lowest BCUT2D eigenvalue weighted by Gasteiger charge is -2.65. The first-order chi connectivity index (χ1) is 11.2. The Hall–Kier alpha value is -0.400. The maximum atomic E-state index is 8.26. The van der Waals surface area contributed by atoms with E-state index in [9.17, 15) is 0 Å². The van der Waals surface area contributed by atoms with Gasteiger partial charge in [0.1, 0.15) is 0 Å². The Bertz CT molecular complexity index is 421. The number of nitrogens with one attached hydrogen (secondary N) is 1. The second-order valence-corrected chi connectivity index (χ2v) is 11.1. The number of nitrogens with zero attached hydrogens (tertiary/aromatic N) is 1. The second-order valence-electron chi connectivity index (χ2n) is 11.1. The van der Waals surface area contributed by atoms with E-state index in [1.807, 2.05) is 0 Å². The lowest BCUT2D eigenvalue weighted by atomic mass is 9.40. The normalized spacial score (nSPS) is 60.2. The molecule has 126 valence electrons. The third-order valence-corrected chi connectivity index (χ3v) is 9.46. The third kappa shape index (κ3) is 1.82. The highest BCUT2D eigenvalue weighted by Gasteiger charge is 2.63. The van der Waals surface area contributed by atoms with Crippen molar-refractivity contribution < 1.29 is 0 Å². The zero-order chi connectivity index (χ0) is 15.2. The van der Waals surface area contributed by atoms with E-state index in [2.05, 4.69) is 5.11 Å². The van der Waals surface area contributed by atoms with E-state index in [0.717, 1.165) is 35.5 Å². The molecule has 0 aliphatic heterocycles. The summed E-state index contributed by atoms with van der Waals surface area (Å²) < 4.78 is 0. The van der Waals surface area contributed by atoms with Crippen LogP contribution in [0.2, 0.25) is 0 Å². The Labute approximate surface area is 140 Å². The average Bonchev–Trinajstić information content (AvgIpc) is 2.43. The Morgan fingerprint density at radius 1 is 0.565 bits per heavy atom. The lowest BCUT2D eigenvalue weighted by Crippen LogP contribution is -2.60. The molecule has 0 heterocycles. The predicted octanol–water partition coefficient (Wildman–Crippen LogP) is 5.82. The largest absolute Gasteiger partial charge is 0.210 e. The number of rotatable bonds is 3. The van der Waals surface area contributed by atoms with Gasteiger partial charge >= 0.3 is 0 Å². The molecule has 1 N–H and O–H groups in total. The highest BCUT2D eigenvalue weighted by atomic mass is 15.0. The Morgan fingerprint density at radius 2 is 0.826 bits per heavy atom. The number of hydrogen-bond acceptors (Lipinski definition) is 2. The molecular formula is C21H32N2. The second kappa shape index (κ2) is 4.41. The van der Waals surface area contributed by atoms with Crippen molar-refractivity contribution in [1.29, 1.82) is 5.53 Å². The molecular weight excluding hydrogens is 280 g/mol. The average molecular weight is 313 g/mol. The highest BCUT2D eigenvalue weighted by Crippen LogP contribution is 2.69. The van der Waals surface area contributed by atoms with Gasteiger partial charge in [0.05, 0.1) is 6.04 Å². The molecule has 0 amide bonds. The summed E-state index contributed by atoms with van der Waals surface area (Å²) in [5.74, 6) is 6.00. The van der Waals surface area contributed by atoms with Gasteiger partial charge in [0.15, 0.2) is 0 Å². The van der Waals surface area contributed by atoms with E-state index in [1.165, 1.54) is 77.0 Å². The van der Waals surface area contributed by atoms with E-state index in [-0.39, 0.29) is 0 Å². The third-order valence-electron chi connectivity index (χ3n) is 9.46. The molecule has 2 nitrogen and oxygen atoms in total. The monoisotopic (exact) mass is 312 g/mol. The first-order valence-corrected chi connectivity index (χ1v) is 10.5. The van der Waals surface area contributed by atoms with Gasteiger partial charge in [-0.05, 0) is 123 Å². The fraction of sp³-hybridized carbons (Fsp3) is 1.00. The van der Waals surface area contributed by atoms with Crippen LogP contribution in [0, 0.1) is 51.9 Å². The molecule has 0 unspecified atom stereocenters. The van der Waals surface area contributed by atoms with Gasteiger partial charge in [-0.25, -0.2) is 5.53 Å². The van der Waals surface area contributed by atoms with Crippen molar-refractivity contribution in [3.05, 3.63) is 0 Å². The van der Waals surface area contributed by atoms with Crippen molar-refractivity contribution in [1.82, 2.24) is 0 Å². The van der Waals surface area contributed by atoms with Crippen molar-refractivity contribution in [3.8, 4) is 0 Å². The zero-order valence-corrected chi connectivity index (χ0v) is 14.5. The summed E-state index contributed by atoms with van der Waals surface area (Å²) in [6.45, 7) is 0. The Kier molecular flexibility index (Phi) is 2.65. The number of hydrogen-bond donors (Lipinski definition) is 1.